The predicted molar refractivity (Wildman–Crippen MR) is 63.1 cm³/mol. The van der Waals surface area contributed by atoms with Gasteiger partial charge < -0.3 is 10.4 Å². The molecule has 2 N–H and O–H groups in total. The molecule has 0 radical (unpaired) electrons. The molecule has 1 unspecified atom stereocenters. The van der Waals surface area contributed by atoms with E-state index in [4.69, 9.17) is 5.11 Å². The molecule has 0 rings (SSSR count). The number of aliphatic carboxylic acids is 1. The molecule has 0 aliphatic rings. The minimum Gasteiger partial charge on any atom is -0.480 e. The fourth-order valence-electron chi connectivity index (χ4n) is 1.57. The first-order chi connectivity index (χ1) is 7.23. The first-order valence-electron chi connectivity index (χ1n) is 5.77. The van der Waals surface area contributed by atoms with Crippen LogP contribution < -0.4 is 5.32 Å². The maximum Gasteiger partial charge on any atom is 0.326 e. The van der Waals surface area contributed by atoms with E-state index in [2.05, 4.69) is 5.32 Å². The van der Waals surface area contributed by atoms with Crippen LogP contribution in [0.5, 0.6) is 0 Å². The van der Waals surface area contributed by atoms with Gasteiger partial charge in [-0.25, -0.2) is 4.79 Å². The second-order valence-electron chi connectivity index (χ2n) is 5.16. The average Bonchev–Trinajstić information content (AvgIpc) is 2.13. The molecule has 0 heterocycles. The van der Waals surface area contributed by atoms with E-state index in [0.717, 1.165) is 12.8 Å². The molecule has 16 heavy (non-hydrogen) atoms. The average molecular weight is 229 g/mol. The van der Waals surface area contributed by atoms with Crippen LogP contribution in [-0.4, -0.2) is 23.0 Å². The Morgan fingerprint density at radius 3 is 1.88 bits per heavy atom. The molecule has 0 aliphatic carbocycles. The van der Waals surface area contributed by atoms with Gasteiger partial charge in [-0.1, -0.05) is 34.6 Å². The largest absolute Gasteiger partial charge is 0.480 e. The summed E-state index contributed by atoms with van der Waals surface area (Å²) in [6, 6.07) is -0.833. The maximum absolute atomic E-state index is 11.8. The van der Waals surface area contributed by atoms with Crippen molar-refractivity contribution in [3.05, 3.63) is 0 Å². The molecule has 0 saturated heterocycles. The quantitative estimate of drug-likeness (QED) is 0.758. The highest BCUT2D eigenvalue weighted by Gasteiger charge is 2.33. The second kappa shape index (κ2) is 5.87. The number of hydrogen-bond donors (Lipinski definition) is 2. The van der Waals surface area contributed by atoms with Crippen molar-refractivity contribution in [2.45, 2.75) is 53.5 Å². The topological polar surface area (TPSA) is 66.4 Å². The molecule has 0 bridgehead atoms. The number of nitrogens with one attached hydrogen (secondary N) is 1. The summed E-state index contributed by atoms with van der Waals surface area (Å²) in [6.07, 6.45) is 1.47. The Hall–Kier alpha value is -1.06. The number of carboxylic acid groups (broad SMARTS) is 1. The van der Waals surface area contributed by atoms with Crippen LogP contribution in [0.4, 0.5) is 0 Å². The number of carbonyl (C=O) groups excluding carboxylic acids is 1. The minimum absolute atomic E-state index is 0.0933. The van der Waals surface area contributed by atoms with Crippen molar-refractivity contribution in [2.75, 3.05) is 0 Å². The van der Waals surface area contributed by atoms with Gasteiger partial charge in [0.1, 0.15) is 6.04 Å². The summed E-state index contributed by atoms with van der Waals surface area (Å²) in [6.45, 7) is 9.28. The van der Waals surface area contributed by atoms with Crippen LogP contribution in [0.1, 0.15) is 47.5 Å². The van der Waals surface area contributed by atoms with Crippen LogP contribution >= 0.6 is 0 Å². The van der Waals surface area contributed by atoms with Gasteiger partial charge in [0, 0.05) is 5.92 Å². The van der Waals surface area contributed by atoms with Gasteiger partial charge in [0.2, 0.25) is 5.91 Å². The molecule has 4 heteroatoms. The molecule has 94 valence electrons. The molecule has 0 aromatic rings. The normalized spacial score (nSPS) is 13.6. The summed E-state index contributed by atoms with van der Waals surface area (Å²) >= 11 is 0. The van der Waals surface area contributed by atoms with E-state index in [9.17, 15) is 9.59 Å². The predicted octanol–water partition coefficient (Wildman–Crippen LogP) is 2.04. The summed E-state index contributed by atoms with van der Waals surface area (Å²) in [5.74, 6) is -1.23. The fourth-order valence-corrected chi connectivity index (χ4v) is 1.57. The highest BCUT2D eigenvalue weighted by atomic mass is 16.4. The summed E-state index contributed by atoms with van der Waals surface area (Å²) in [5, 5.41) is 11.7. The first kappa shape index (κ1) is 14.9. The zero-order chi connectivity index (χ0) is 12.9. The van der Waals surface area contributed by atoms with Gasteiger partial charge in [-0.3, -0.25) is 4.79 Å². The zero-order valence-electron chi connectivity index (χ0n) is 10.8. The van der Waals surface area contributed by atoms with Crippen LogP contribution in [0.3, 0.4) is 0 Å². The van der Waals surface area contributed by atoms with E-state index in [1.54, 1.807) is 20.8 Å². The Morgan fingerprint density at radius 1 is 1.19 bits per heavy atom. The van der Waals surface area contributed by atoms with Crippen LogP contribution in [0.2, 0.25) is 0 Å². The maximum atomic E-state index is 11.8. The highest BCUT2D eigenvalue weighted by molar-refractivity contribution is 5.85. The molecule has 0 spiro atoms. The number of hydrogen-bond acceptors (Lipinski definition) is 2. The van der Waals surface area contributed by atoms with Gasteiger partial charge in [0.15, 0.2) is 0 Å². The lowest BCUT2D eigenvalue weighted by Crippen LogP contribution is -2.50. The molecule has 4 nitrogen and oxygen atoms in total. The smallest absolute Gasteiger partial charge is 0.326 e. The van der Waals surface area contributed by atoms with Crippen molar-refractivity contribution < 1.29 is 14.7 Å². The van der Waals surface area contributed by atoms with Crippen molar-refractivity contribution in [1.82, 2.24) is 5.32 Å². The Kier molecular flexibility index (Phi) is 5.48. The van der Waals surface area contributed by atoms with Gasteiger partial charge in [-0.15, -0.1) is 0 Å². The SMILES string of the molecule is CCC(CC)C(=O)NC(C(=O)O)C(C)(C)C. The van der Waals surface area contributed by atoms with Crippen molar-refractivity contribution in [1.29, 1.82) is 0 Å². The second-order valence-corrected chi connectivity index (χ2v) is 5.16. The molecule has 1 atom stereocenters. The lowest BCUT2D eigenvalue weighted by atomic mass is 9.86. The molecule has 0 aromatic carbocycles. The van der Waals surface area contributed by atoms with Crippen LogP contribution in [-0.2, 0) is 9.59 Å². The van der Waals surface area contributed by atoms with Crippen molar-refractivity contribution in [2.24, 2.45) is 11.3 Å². The molecular weight excluding hydrogens is 206 g/mol. The van der Waals surface area contributed by atoms with Gasteiger partial charge in [0.05, 0.1) is 0 Å². The number of carbonyl (C=O) groups is 2. The van der Waals surface area contributed by atoms with Crippen LogP contribution in [0, 0.1) is 11.3 Å². The van der Waals surface area contributed by atoms with Gasteiger partial charge >= 0.3 is 5.97 Å². The fraction of sp³-hybridized carbons (Fsp3) is 0.833. The Labute approximate surface area is 97.4 Å². The van der Waals surface area contributed by atoms with Crippen LogP contribution in [0.25, 0.3) is 0 Å². The standard InChI is InChI=1S/C12H23NO3/c1-6-8(7-2)10(14)13-9(11(15)16)12(3,4)5/h8-9H,6-7H2,1-5H3,(H,13,14)(H,15,16). The summed E-state index contributed by atoms with van der Waals surface area (Å²) in [4.78, 5) is 22.9. The van der Waals surface area contributed by atoms with E-state index < -0.39 is 17.4 Å². The first-order valence-corrected chi connectivity index (χ1v) is 5.77. The molecular formula is C12H23NO3. The van der Waals surface area contributed by atoms with E-state index in [-0.39, 0.29) is 11.8 Å². The van der Waals surface area contributed by atoms with E-state index in [1.165, 1.54) is 0 Å². The lowest BCUT2D eigenvalue weighted by molar-refractivity contribution is -0.145. The minimum atomic E-state index is -0.980. The Balaban J connectivity index is 4.65. The van der Waals surface area contributed by atoms with E-state index >= 15 is 0 Å². The summed E-state index contributed by atoms with van der Waals surface area (Å²) in [5.41, 5.74) is -0.479. The summed E-state index contributed by atoms with van der Waals surface area (Å²) < 4.78 is 0. The van der Waals surface area contributed by atoms with Gasteiger partial charge in [-0.2, -0.15) is 0 Å². The molecule has 0 aromatic heterocycles. The van der Waals surface area contributed by atoms with Gasteiger partial charge in [-0.05, 0) is 18.3 Å². The third-order valence-electron chi connectivity index (χ3n) is 2.76. The monoisotopic (exact) mass is 229 g/mol. The lowest BCUT2D eigenvalue weighted by Gasteiger charge is -2.29. The highest BCUT2D eigenvalue weighted by Crippen LogP contribution is 2.20. The molecule has 0 fully saturated rings. The molecule has 0 saturated carbocycles. The van der Waals surface area contributed by atoms with Crippen molar-refractivity contribution in [3.63, 3.8) is 0 Å². The van der Waals surface area contributed by atoms with Crippen molar-refractivity contribution in [3.8, 4) is 0 Å². The Morgan fingerprint density at radius 2 is 1.62 bits per heavy atom. The molecule has 1 amide bonds. The third-order valence-corrected chi connectivity index (χ3v) is 2.76. The number of carboxylic acids is 1. The number of amides is 1. The molecule has 0 aliphatic heterocycles. The van der Waals surface area contributed by atoms with E-state index in [0.29, 0.717) is 0 Å². The summed E-state index contributed by atoms with van der Waals surface area (Å²) in [7, 11) is 0. The zero-order valence-corrected chi connectivity index (χ0v) is 10.8. The Bertz CT molecular complexity index is 251. The van der Waals surface area contributed by atoms with Gasteiger partial charge in [0.25, 0.3) is 0 Å². The van der Waals surface area contributed by atoms with Crippen LogP contribution in [0.15, 0.2) is 0 Å². The van der Waals surface area contributed by atoms with Crippen molar-refractivity contribution >= 4 is 11.9 Å². The van der Waals surface area contributed by atoms with E-state index in [1.807, 2.05) is 13.8 Å². The third kappa shape index (κ3) is 4.21. The number of rotatable bonds is 5.